The third-order valence-electron chi connectivity index (χ3n) is 5.90. The fraction of sp³-hybridized carbons (Fsp3) is 0.375. The van der Waals surface area contributed by atoms with Gasteiger partial charge in [0.15, 0.2) is 5.69 Å². The Morgan fingerprint density at radius 1 is 1.09 bits per heavy atom. The molecule has 3 aromatic rings. The number of nitrogens with zero attached hydrogens (tertiary/aromatic N) is 4. The lowest BCUT2D eigenvalue weighted by Crippen LogP contribution is -2.46. The van der Waals surface area contributed by atoms with Gasteiger partial charge in [-0.15, -0.1) is 0 Å². The average Bonchev–Trinajstić information content (AvgIpc) is 2.79. The molecule has 1 N–H and O–H groups in total. The van der Waals surface area contributed by atoms with Crippen molar-refractivity contribution in [1.82, 2.24) is 14.7 Å². The Balaban J connectivity index is 1.71. The molecule has 7 nitrogen and oxygen atoms in total. The number of hydrogen-bond acceptors (Lipinski definition) is 5. The van der Waals surface area contributed by atoms with E-state index < -0.39 is 0 Å². The van der Waals surface area contributed by atoms with E-state index in [1.165, 1.54) is 4.68 Å². The van der Waals surface area contributed by atoms with Crippen molar-refractivity contribution in [1.29, 1.82) is 0 Å². The predicted octanol–water partition coefficient (Wildman–Crippen LogP) is 4.03. The lowest BCUT2D eigenvalue weighted by Gasteiger charge is -2.36. The monoisotopic (exact) mass is 453 g/mol. The van der Waals surface area contributed by atoms with E-state index in [0.717, 1.165) is 38.4 Å². The topological polar surface area (TPSA) is 70.5 Å². The largest absolute Gasteiger partial charge is 0.367 e. The van der Waals surface area contributed by atoms with Crippen LogP contribution in [0.2, 0.25) is 5.02 Å². The lowest BCUT2D eigenvalue weighted by molar-refractivity contribution is 0.102. The molecule has 0 bridgehead atoms. The highest BCUT2D eigenvalue weighted by Gasteiger charge is 2.22. The van der Waals surface area contributed by atoms with Gasteiger partial charge in [-0.05, 0) is 44.7 Å². The number of carbonyl (C=O) groups excluding carboxylic acids is 1. The van der Waals surface area contributed by atoms with Crippen molar-refractivity contribution in [2.24, 2.45) is 0 Å². The van der Waals surface area contributed by atoms with E-state index >= 15 is 0 Å². The number of amides is 1. The van der Waals surface area contributed by atoms with Crippen LogP contribution in [0, 0.1) is 0 Å². The summed E-state index contributed by atoms with van der Waals surface area (Å²) in [4.78, 5) is 30.9. The van der Waals surface area contributed by atoms with Crippen molar-refractivity contribution in [2.45, 2.75) is 26.8 Å². The second kappa shape index (κ2) is 9.30. The quantitative estimate of drug-likeness (QED) is 0.631. The second-order valence-corrected chi connectivity index (χ2v) is 8.71. The summed E-state index contributed by atoms with van der Waals surface area (Å²) in [5, 5.41) is 8.98. The first kappa shape index (κ1) is 22.3. The van der Waals surface area contributed by atoms with Gasteiger partial charge in [0, 0.05) is 36.6 Å². The van der Waals surface area contributed by atoms with Gasteiger partial charge in [0.25, 0.3) is 11.5 Å². The third-order valence-corrected chi connectivity index (χ3v) is 6.13. The molecule has 0 saturated carbocycles. The van der Waals surface area contributed by atoms with Crippen LogP contribution in [0.5, 0.6) is 0 Å². The molecular weight excluding hydrogens is 426 g/mol. The summed E-state index contributed by atoms with van der Waals surface area (Å²) in [6.45, 7) is 10.6. The zero-order valence-electron chi connectivity index (χ0n) is 18.6. The number of fused-ring (bicyclic) bond motifs is 1. The van der Waals surface area contributed by atoms with E-state index in [1.807, 2.05) is 26.0 Å². The summed E-state index contributed by atoms with van der Waals surface area (Å²) in [7, 11) is 0. The molecule has 1 aromatic heterocycles. The van der Waals surface area contributed by atoms with Crippen molar-refractivity contribution in [3.63, 3.8) is 0 Å². The maximum atomic E-state index is 13.4. The number of carbonyl (C=O) groups is 1. The molecule has 1 saturated heterocycles. The van der Waals surface area contributed by atoms with Crippen LogP contribution in [-0.2, 0) is 0 Å². The number of hydrogen-bond donors (Lipinski definition) is 1. The zero-order valence-corrected chi connectivity index (χ0v) is 19.4. The maximum Gasteiger partial charge on any atom is 0.276 e. The Morgan fingerprint density at radius 3 is 2.44 bits per heavy atom. The van der Waals surface area contributed by atoms with E-state index in [0.29, 0.717) is 21.5 Å². The Bertz CT molecular complexity index is 1200. The van der Waals surface area contributed by atoms with Crippen LogP contribution in [0.1, 0.15) is 37.3 Å². The van der Waals surface area contributed by atoms with Crippen molar-refractivity contribution < 1.29 is 4.79 Å². The molecule has 2 heterocycles. The van der Waals surface area contributed by atoms with Crippen LogP contribution >= 0.6 is 11.6 Å². The number of piperazine rings is 1. The SMILES string of the molecule is CCN1CCN(c2ccc(Cl)cc2NC(=O)c2nn(C(C)C)c(=O)c3ccccc23)CC1. The van der Waals surface area contributed by atoms with E-state index in [9.17, 15) is 9.59 Å². The van der Waals surface area contributed by atoms with Gasteiger partial charge in [0.2, 0.25) is 0 Å². The van der Waals surface area contributed by atoms with E-state index in [1.54, 1.807) is 30.3 Å². The molecule has 1 aliphatic rings. The van der Waals surface area contributed by atoms with Crippen LogP contribution in [0.25, 0.3) is 10.8 Å². The molecule has 0 radical (unpaired) electrons. The predicted molar refractivity (Wildman–Crippen MR) is 130 cm³/mol. The minimum absolute atomic E-state index is 0.171. The molecule has 0 atom stereocenters. The second-order valence-electron chi connectivity index (χ2n) is 8.27. The molecule has 0 aliphatic carbocycles. The van der Waals surface area contributed by atoms with Gasteiger partial charge in [-0.2, -0.15) is 5.10 Å². The molecule has 1 fully saturated rings. The Hall–Kier alpha value is -2.90. The van der Waals surface area contributed by atoms with Crippen molar-refractivity contribution in [3.8, 4) is 0 Å². The highest BCUT2D eigenvalue weighted by atomic mass is 35.5. The van der Waals surface area contributed by atoms with E-state index in [2.05, 4.69) is 27.1 Å². The average molecular weight is 454 g/mol. The summed E-state index contributed by atoms with van der Waals surface area (Å²) < 4.78 is 1.36. The van der Waals surface area contributed by atoms with Crippen LogP contribution in [0.3, 0.4) is 0 Å². The van der Waals surface area contributed by atoms with Gasteiger partial charge in [0.1, 0.15) is 0 Å². The normalized spacial score (nSPS) is 14.8. The summed E-state index contributed by atoms with van der Waals surface area (Å²) >= 11 is 6.27. The van der Waals surface area contributed by atoms with Crippen LogP contribution in [0.4, 0.5) is 11.4 Å². The number of aromatic nitrogens is 2. The molecule has 0 unspecified atom stereocenters. The van der Waals surface area contributed by atoms with E-state index in [4.69, 9.17) is 11.6 Å². The fourth-order valence-electron chi connectivity index (χ4n) is 4.09. The molecular formula is C24H28ClN5O2. The Kier molecular flexibility index (Phi) is 6.48. The summed E-state index contributed by atoms with van der Waals surface area (Å²) in [5.41, 5.74) is 1.58. The first-order valence-electron chi connectivity index (χ1n) is 11.0. The van der Waals surface area contributed by atoms with E-state index in [-0.39, 0.29) is 23.2 Å². The van der Waals surface area contributed by atoms with Crippen molar-refractivity contribution >= 4 is 39.7 Å². The van der Waals surface area contributed by atoms with Crippen LogP contribution in [0.15, 0.2) is 47.3 Å². The van der Waals surface area contributed by atoms with Gasteiger partial charge in [-0.25, -0.2) is 4.68 Å². The zero-order chi connectivity index (χ0) is 22.8. The highest BCUT2D eigenvalue weighted by Crippen LogP contribution is 2.31. The number of halogens is 1. The summed E-state index contributed by atoms with van der Waals surface area (Å²) in [6, 6.07) is 12.5. The molecule has 32 heavy (non-hydrogen) atoms. The molecule has 4 rings (SSSR count). The van der Waals surface area contributed by atoms with Gasteiger partial charge in [-0.1, -0.05) is 36.7 Å². The Labute approximate surface area is 192 Å². The minimum atomic E-state index is -0.369. The summed E-state index contributed by atoms with van der Waals surface area (Å²) in [6.07, 6.45) is 0. The first-order chi connectivity index (χ1) is 15.4. The van der Waals surface area contributed by atoms with Crippen LogP contribution < -0.4 is 15.8 Å². The number of anilines is 2. The standard InChI is InChI=1S/C24H28ClN5O2/c1-4-28-11-13-29(14-12-28)21-10-9-17(25)15-20(21)26-23(31)22-18-7-5-6-8-19(18)24(32)30(27-22)16(2)3/h5-10,15-16H,4,11-14H2,1-3H3,(H,26,31). The Morgan fingerprint density at radius 2 is 1.78 bits per heavy atom. The fourth-order valence-corrected chi connectivity index (χ4v) is 4.27. The minimum Gasteiger partial charge on any atom is -0.367 e. The van der Waals surface area contributed by atoms with Crippen molar-refractivity contribution in [3.05, 3.63) is 63.5 Å². The van der Waals surface area contributed by atoms with Gasteiger partial charge < -0.3 is 15.1 Å². The highest BCUT2D eigenvalue weighted by molar-refractivity contribution is 6.31. The molecule has 2 aromatic carbocycles. The number of benzene rings is 2. The molecule has 168 valence electrons. The molecule has 8 heteroatoms. The molecule has 0 spiro atoms. The van der Waals surface area contributed by atoms with Gasteiger partial charge >= 0.3 is 0 Å². The van der Waals surface area contributed by atoms with Crippen LogP contribution in [-0.4, -0.2) is 53.3 Å². The van der Waals surface area contributed by atoms with Gasteiger partial charge in [0.05, 0.1) is 22.8 Å². The number of likely N-dealkylation sites (N-methyl/N-ethyl adjacent to an activating group) is 1. The van der Waals surface area contributed by atoms with Crippen molar-refractivity contribution in [2.75, 3.05) is 42.9 Å². The van der Waals surface area contributed by atoms with Gasteiger partial charge in [-0.3, -0.25) is 9.59 Å². The molecule has 1 aliphatic heterocycles. The lowest BCUT2D eigenvalue weighted by atomic mass is 10.1. The third kappa shape index (κ3) is 4.36. The molecule has 1 amide bonds. The number of rotatable bonds is 5. The maximum absolute atomic E-state index is 13.4. The number of nitrogens with one attached hydrogen (secondary N) is 1. The smallest absolute Gasteiger partial charge is 0.276 e. The first-order valence-corrected chi connectivity index (χ1v) is 11.4. The summed E-state index contributed by atoms with van der Waals surface area (Å²) in [5.74, 6) is -0.369.